The minimum absolute atomic E-state index is 0.0479. The third-order valence-electron chi connectivity index (χ3n) is 2.03. The normalized spacial score (nSPS) is 12.5. The van der Waals surface area contributed by atoms with Gasteiger partial charge < -0.3 is 15.3 Å². The van der Waals surface area contributed by atoms with Crippen LogP contribution in [0.2, 0.25) is 0 Å². The van der Waals surface area contributed by atoms with Crippen LogP contribution in [0.4, 0.5) is 4.39 Å². The third-order valence-corrected chi connectivity index (χ3v) is 2.61. The zero-order valence-corrected chi connectivity index (χ0v) is 9.25. The molecular weight excluding hydrogens is 271 g/mol. The van der Waals surface area contributed by atoms with Gasteiger partial charge in [0.2, 0.25) is 0 Å². The van der Waals surface area contributed by atoms with E-state index in [0.29, 0.717) is 0 Å². The van der Waals surface area contributed by atoms with Crippen molar-refractivity contribution in [2.24, 2.45) is 0 Å². The van der Waals surface area contributed by atoms with Gasteiger partial charge in [0, 0.05) is 5.56 Å². The van der Waals surface area contributed by atoms with E-state index in [9.17, 15) is 14.3 Å². The van der Waals surface area contributed by atoms with Crippen LogP contribution < -0.4 is 0 Å². The van der Waals surface area contributed by atoms with Crippen molar-refractivity contribution in [1.29, 1.82) is 0 Å². The Kier molecular flexibility index (Phi) is 3.18. The summed E-state index contributed by atoms with van der Waals surface area (Å²) in [6.45, 7) is 1.32. The van der Waals surface area contributed by atoms with Crippen LogP contribution in [0.1, 0.15) is 18.4 Å². The largest absolute Gasteiger partial charge is 0.504 e. The van der Waals surface area contributed by atoms with E-state index in [1.807, 2.05) is 0 Å². The van der Waals surface area contributed by atoms with Crippen molar-refractivity contribution in [2.75, 3.05) is 0 Å². The summed E-state index contributed by atoms with van der Waals surface area (Å²) in [6, 6.07) is 1.13. The molecule has 1 atom stereocenters. The molecule has 0 bridgehead atoms. The highest BCUT2D eigenvalue weighted by molar-refractivity contribution is 9.10. The Morgan fingerprint density at radius 1 is 1.47 bits per heavy atom. The van der Waals surface area contributed by atoms with Crippen molar-refractivity contribution in [3.05, 3.63) is 21.9 Å². The highest BCUT2D eigenvalue weighted by Gasteiger charge is 2.23. The zero-order chi connectivity index (χ0) is 11.7. The summed E-state index contributed by atoms with van der Waals surface area (Å²) in [7, 11) is 0. The number of hydrogen-bond acceptors (Lipinski definition) is 3. The van der Waals surface area contributed by atoms with Crippen molar-refractivity contribution < 1.29 is 24.5 Å². The number of rotatable bonds is 2. The van der Waals surface area contributed by atoms with E-state index >= 15 is 0 Å². The van der Waals surface area contributed by atoms with Gasteiger partial charge in [0.05, 0.1) is 10.4 Å². The van der Waals surface area contributed by atoms with Crippen molar-refractivity contribution in [3.8, 4) is 11.5 Å². The topological polar surface area (TPSA) is 77.8 Å². The van der Waals surface area contributed by atoms with Gasteiger partial charge in [0.15, 0.2) is 17.3 Å². The highest BCUT2D eigenvalue weighted by atomic mass is 79.9. The average Bonchev–Trinajstić information content (AvgIpc) is 2.19. The Morgan fingerprint density at radius 2 is 2.00 bits per heavy atom. The minimum atomic E-state index is -1.18. The SMILES string of the molecule is CC(C(=O)O)c1cc(Br)c(F)c(O)c1O. The number of phenols is 2. The van der Waals surface area contributed by atoms with Gasteiger partial charge in [-0.3, -0.25) is 4.79 Å². The number of halogens is 2. The van der Waals surface area contributed by atoms with Crippen molar-refractivity contribution in [3.63, 3.8) is 0 Å². The molecule has 1 rings (SSSR count). The number of aliphatic carboxylic acids is 1. The lowest BCUT2D eigenvalue weighted by molar-refractivity contribution is -0.138. The van der Waals surface area contributed by atoms with Crippen LogP contribution in [-0.2, 0) is 4.79 Å². The lowest BCUT2D eigenvalue weighted by Gasteiger charge is -2.11. The second-order valence-corrected chi connectivity index (χ2v) is 3.87. The van der Waals surface area contributed by atoms with Crippen LogP contribution in [0, 0.1) is 5.82 Å². The number of benzene rings is 1. The van der Waals surface area contributed by atoms with E-state index in [2.05, 4.69) is 15.9 Å². The fourth-order valence-electron chi connectivity index (χ4n) is 1.09. The first kappa shape index (κ1) is 11.8. The van der Waals surface area contributed by atoms with E-state index < -0.39 is 29.2 Å². The van der Waals surface area contributed by atoms with Crippen LogP contribution >= 0.6 is 15.9 Å². The van der Waals surface area contributed by atoms with Crippen LogP contribution in [0.15, 0.2) is 10.5 Å². The first-order valence-electron chi connectivity index (χ1n) is 3.98. The molecule has 1 aromatic carbocycles. The summed E-state index contributed by atoms with van der Waals surface area (Å²) >= 11 is 2.81. The smallest absolute Gasteiger partial charge is 0.310 e. The molecule has 1 aromatic rings. The Morgan fingerprint density at radius 3 is 2.47 bits per heavy atom. The zero-order valence-electron chi connectivity index (χ0n) is 7.66. The molecule has 6 heteroatoms. The Balaban J connectivity index is 3.38. The predicted molar refractivity (Wildman–Crippen MR) is 53.5 cm³/mol. The van der Waals surface area contributed by atoms with E-state index in [1.54, 1.807) is 0 Å². The molecule has 3 N–H and O–H groups in total. The molecule has 0 fully saturated rings. The van der Waals surface area contributed by atoms with E-state index in [4.69, 9.17) is 10.2 Å². The van der Waals surface area contributed by atoms with Crippen molar-refractivity contribution in [1.82, 2.24) is 0 Å². The molecule has 15 heavy (non-hydrogen) atoms. The number of hydrogen-bond donors (Lipinski definition) is 3. The summed E-state index contributed by atoms with van der Waals surface area (Å²) in [5.74, 6) is -4.93. The monoisotopic (exact) mass is 278 g/mol. The second-order valence-electron chi connectivity index (χ2n) is 3.02. The summed E-state index contributed by atoms with van der Waals surface area (Å²) in [4.78, 5) is 10.7. The molecule has 0 saturated heterocycles. The lowest BCUT2D eigenvalue weighted by atomic mass is 10.00. The Labute approximate surface area is 93.1 Å². The maximum absolute atomic E-state index is 13.0. The van der Waals surface area contributed by atoms with Gasteiger partial charge in [0.25, 0.3) is 0 Å². The third kappa shape index (κ3) is 2.04. The van der Waals surface area contributed by atoms with Crippen LogP contribution in [0.25, 0.3) is 0 Å². The molecule has 0 radical (unpaired) electrons. The summed E-state index contributed by atoms with van der Waals surface area (Å²) in [6.07, 6.45) is 0. The number of aromatic hydroxyl groups is 2. The average molecular weight is 279 g/mol. The summed E-state index contributed by atoms with van der Waals surface area (Å²) in [5, 5.41) is 27.2. The maximum Gasteiger partial charge on any atom is 0.310 e. The molecule has 0 aliphatic rings. The minimum Gasteiger partial charge on any atom is -0.504 e. The fourth-order valence-corrected chi connectivity index (χ4v) is 1.52. The van der Waals surface area contributed by atoms with E-state index in [1.165, 1.54) is 6.92 Å². The number of phenolic OH excluding ortho intramolecular Hbond substituents is 2. The molecule has 0 aliphatic heterocycles. The van der Waals surface area contributed by atoms with Gasteiger partial charge in [-0.1, -0.05) is 0 Å². The number of carbonyl (C=O) groups is 1. The van der Waals surface area contributed by atoms with Gasteiger partial charge >= 0.3 is 5.97 Å². The van der Waals surface area contributed by atoms with E-state index in [0.717, 1.165) is 6.07 Å². The standard InChI is InChI=1S/C9H8BrFO4/c1-3(9(14)15)4-2-5(10)6(11)8(13)7(4)12/h2-3,12-13H,1H3,(H,14,15). The predicted octanol–water partition coefficient (Wildman–Crippen LogP) is 2.19. The first-order chi connectivity index (χ1) is 6.86. The van der Waals surface area contributed by atoms with Gasteiger partial charge in [-0.05, 0) is 28.9 Å². The molecule has 4 nitrogen and oxygen atoms in total. The Bertz CT molecular complexity index is 419. The molecule has 1 unspecified atom stereocenters. The van der Waals surface area contributed by atoms with Gasteiger partial charge in [-0.15, -0.1) is 0 Å². The van der Waals surface area contributed by atoms with Gasteiger partial charge in [0.1, 0.15) is 0 Å². The Hall–Kier alpha value is -1.30. The van der Waals surface area contributed by atoms with Crippen LogP contribution in [-0.4, -0.2) is 21.3 Å². The first-order valence-corrected chi connectivity index (χ1v) is 4.78. The number of carboxylic acids is 1. The van der Waals surface area contributed by atoms with Gasteiger partial charge in [-0.25, -0.2) is 4.39 Å². The summed E-state index contributed by atoms with van der Waals surface area (Å²) in [5.41, 5.74) is -0.0479. The van der Waals surface area contributed by atoms with Crippen LogP contribution in [0.3, 0.4) is 0 Å². The molecule has 0 heterocycles. The second kappa shape index (κ2) is 4.06. The van der Waals surface area contributed by atoms with Crippen LogP contribution in [0.5, 0.6) is 11.5 Å². The molecule has 0 amide bonds. The van der Waals surface area contributed by atoms with Gasteiger partial charge in [-0.2, -0.15) is 0 Å². The van der Waals surface area contributed by atoms with Crippen molar-refractivity contribution >= 4 is 21.9 Å². The summed E-state index contributed by atoms with van der Waals surface area (Å²) < 4.78 is 12.9. The fraction of sp³-hybridized carbons (Fsp3) is 0.222. The molecule has 82 valence electrons. The number of carboxylic acid groups (broad SMARTS) is 1. The molecule has 0 aliphatic carbocycles. The molecule has 0 saturated carbocycles. The highest BCUT2D eigenvalue weighted by Crippen LogP contribution is 2.39. The molecule has 0 spiro atoms. The van der Waals surface area contributed by atoms with Crippen molar-refractivity contribution in [2.45, 2.75) is 12.8 Å². The molecule has 0 aromatic heterocycles. The maximum atomic E-state index is 13.0. The quantitative estimate of drug-likeness (QED) is 0.725. The molecular formula is C9H8BrFO4. The lowest BCUT2D eigenvalue weighted by Crippen LogP contribution is -2.08. The van der Waals surface area contributed by atoms with E-state index in [-0.39, 0.29) is 10.0 Å².